The molecular formula is C13H23N3O2. The SMILES string of the molecule is CCOC1CC(NCc2cnn(C)c2C)C1OC. The van der Waals surface area contributed by atoms with E-state index in [9.17, 15) is 0 Å². The standard InChI is InChI=1S/C13H23N3O2/c1-5-18-12-6-11(13(12)17-4)14-7-10-8-15-16(3)9(10)2/h8,11-14H,5-7H2,1-4H3. The van der Waals surface area contributed by atoms with Crippen molar-refractivity contribution in [2.75, 3.05) is 13.7 Å². The topological polar surface area (TPSA) is 48.3 Å². The van der Waals surface area contributed by atoms with Gasteiger partial charge in [0.15, 0.2) is 0 Å². The first-order valence-electron chi connectivity index (χ1n) is 6.52. The third-order valence-electron chi connectivity index (χ3n) is 3.79. The maximum absolute atomic E-state index is 5.61. The molecule has 1 fully saturated rings. The van der Waals surface area contributed by atoms with Crippen molar-refractivity contribution in [3.05, 3.63) is 17.5 Å². The van der Waals surface area contributed by atoms with Crippen LogP contribution >= 0.6 is 0 Å². The van der Waals surface area contributed by atoms with Crippen LogP contribution < -0.4 is 5.32 Å². The number of rotatable bonds is 6. The van der Waals surface area contributed by atoms with Crippen molar-refractivity contribution in [2.45, 2.75) is 45.1 Å². The number of aryl methyl sites for hydroxylation is 1. The molecule has 1 aliphatic rings. The second-order valence-electron chi connectivity index (χ2n) is 4.80. The molecule has 5 heteroatoms. The van der Waals surface area contributed by atoms with Gasteiger partial charge in [-0.25, -0.2) is 0 Å². The van der Waals surface area contributed by atoms with Crippen LogP contribution in [0.1, 0.15) is 24.6 Å². The Kier molecular flexibility index (Phi) is 4.37. The van der Waals surface area contributed by atoms with Crippen LogP contribution in [-0.4, -0.2) is 41.7 Å². The molecule has 1 heterocycles. The summed E-state index contributed by atoms with van der Waals surface area (Å²) in [4.78, 5) is 0. The molecule has 1 aromatic heterocycles. The molecule has 1 aliphatic carbocycles. The van der Waals surface area contributed by atoms with Gasteiger partial charge >= 0.3 is 0 Å². The number of aromatic nitrogens is 2. The molecule has 5 nitrogen and oxygen atoms in total. The van der Waals surface area contributed by atoms with Crippen molar-refractivity contribution < 1.29 is 9.47 Å². The normalized spacial score (nSPS) is 27.2. The Bertz CT molecular complexity index is 392. The highest BCUT2D eigenvalue weighted by Gasteiger charge is 2.41. The largest absolute Gasteiger partial charge is 0.377 e. The summed E-state index contributed by atoms with van der Waals surface area (Å²) in [5.41, 5.74) is 2.45. The highest BCUT2D eigenvalue weighted by Crippen LogP contribution is 2.27. The molecule has 0 radical (unpaired) electrons. The summed E-state index contributed by atoms with van der Waals surface area (Å²) >= 11 is 0. The van der Waals surface area contributed by atoms with Crippen LogP contribution in [0.4, 0.5) is 0 Å². The number of hydrogen-bond acceptors (Lipinski definition) is 4. The summed E-state index contributed by atoms with van der Waals surface area (Å²) in [5.74, 6) is 0. The first-order valence-corrected chi connectivity index (χ1v) is 6.52. The number of methoxy groups -OCH3 is 1. The van der Waals surface area contributed by atoms with Gasteiger partial charge in [0, 0.05) is 44.6 Å². The Morgan fingerprint density at radius 2 is 2.33 bits per heavy atom. The fraction of sp³-hybridized carbons (Fsp3) is 0.769. The average Bonchev–Trinajstić information content (AvgIpc) is 2.65. The average molecular weight is 253 g/mol. The Hall–Kier alpha value is -0.910. The van der Waals surface area contributed by atoms with E-state index in [2.05, 4.69) is 17.3 Å². The van der Waals surface area contributed by atoms with Crippen LogP contribution in [0.5, 0.6) is 0 Å². The highest BCUT2D eigenvalue weighted by molar-refractivity contribution is 5.16. The molecule has 1 aromatic rings. The fourth-order valence-electron chi connectivity index (χ4n) is 2.43. The predicted molar refractivity (Wildman–Crippen MR) is 69.4 cm³/mol. The molecule has 0 spiro atoms. The Labute approximate surface area is 108 Å². The van der Waals surface area contributed by atoms with Crippen LogP contribution in [0, 0.1) is 6.92 Å². The molecule has 2 rings (SSSR count). The first kappa shape index (κ1) is 13.5. The van der Waals surface area contributed by atoms with Gasteiger partial charge in [0.05, 0.1) is 18.4 Å². The van der Waals surface area contributed by atoms with Gasteiger partial charge in [-0.2, -0.15) is 5.10 Å². The molecule has 3 atom stereocenters. The van der Waals surface area contributed by atoms with Crippen molar-refractivity contribution in [3.8, 4) is 0 Å². The fourth-order valence-corrected chi connectivity index (χ4v) is 2.43. The van der Waals surface area contributed by atoms with Gasteiger partial charge in [0.25, 0.3) is 0 Å². The third kappa shape index (κ3) is 2.58. The van der Waals surface area contributed by atoms with Gasteiger partial charge in [0.1, 0.15) is 0 Å². The summed E-state index contributed by atoms with van der Waals surface area (Å²) < 4.78 is 13.0. The quantitative estimate of drug-likeness (QED) is 0.822. The van der Waals surface area contributed by atoms with E-state index in [0.717, 1.165) is 19.6 Å². The zero-order chi connectivity index (χ0) is 13.1. The molecule has 1 saturated carbocycles. The van der Waals surface area contributed by atoms with Crippen molar-refractivity contribution >= 4 is 0 Å². The van der Waals surface area contributed by atoms with Crippen molar-refractivity contribution in [3.63, 3.8) is 0 Å². The van der Waals surface area contributed by atoms with E-state index in [1.807, 2.05) is 24.9 Å². The van der Waals surface area contributed by atoms with E-state index in [-0.39, 0.29) is 12.2 Å². The zero-order valence-corrected chi connectivity index (χ0v) is 11.6. The summed E-state index contributed by atoms with van der Waals surface area (Å²) in [6.45, 7) is 5.69. The van der Waals surface area contributed by atoms with E-state index in [0.29, 0.717) is 6.04 Å². The van der Waals surface area contributed by atoms with Crippen LogP contribution in [0.15, 0.2) is 6.20 Å². The first-order chi connectivity index (χ1) is 8.67. The minimum absolute atomic E-state index is 0.168. The van der Waals surface area contributed by atoms with E-state index in [4.69, 9.17) is 9.47 Å². The Morgan fingerprint density at radius 1 is 1.56 bits per heavy atom. The van der Waals surface area contributed by atoms with E-state index in [1.165, 1.54) is 11.3 Å². The summed E-state index contributed by atoms with van der Waals surface area (Å²) in [5, 5.41) is 7.76. The van der Waals surface area contributed by atoms with Gasteiger partial charge < -0.3 is 14.8 Å². The van der Waals surface area contributed by atoms with Crippen LogP contribution in [-0.2, 0) is 23.1 Å². The second kappa shape index (κ2) is 5.82. The predicted octanol–water partition coefficient (Wildman–Crippen LogP) is 1.01. The second-order valence-corrected chi connectivity index (χ2v) is 4.80. The van der Waals surface area contributed by atoms with E-state index < -0.39 is 0 Å². The number of ether oxygens (including phenoxy) is 2. The highest BCUT2D eigenvalue weighted by atomic mass is 16.5. The van der Waals surface area contributed by atoms with Crippen molar-refractivity contribution in [2.24, 2.45) is 7.05 Å². The number of nitrogens with zero attached hydrogens (tertiary/aromatic N) is 2. The van der Waals surface area contributed by atoms with Crippen molar-refractivity contribution in [1.82, 2.24) is 15.1 Å². The van der Waals surface area contributed by atoms with Gasteiger partial charge in [-0.1, -0.05) is 0 Å². The summed E-state index contributed by atoms with van der Waals surface area (Å²) in [7, 11) is 3.71. The monoisotopic (exact) mass is 253 g/mol. The molecule has 0 bridgehead atoms. The lowest BCUT2D eigenvalue weighted by molar-refractivity contribution is -0.131. The Morgan fingerprint density at radius 3 is 2.89 bits per heavy atom. The molecule has 0 aliphatic heterocycles. The van der Waals surface area contributed by atoms with Gasteiger partial charge in [0.2, 0.25) is 0 Å². The molecule has 1 N–H and O–H groups in total. The molecule has 18 heavy (non-hydrogen) atoms. The van der Waals surface area contributed by atoms with E-state index >= 15 is 0 Å². The van der Waals surface area contributed by atoms with Gasteiger partial charge in [-0.3, -0.25) is 4.68 Å². The lowest BCUT2D eigenvalue weighted by Crippen LogP contribution is -2.59. The molecule has 102 valence electrons. The van der Waals surface area contributed by atoms with Gasteiger partial charge in [-0.05, 0) is 20.3 Å². The molecule has 0 amide bonds. The summed E-state index contributed by atoms with van der Waals surface area (Å²) in [6, 6.07) is 0.381. The van der Waals surface area contributed by atoms with E-state index in [1.54, 1.807) is 7.11 Å². The minimum Gasteiger partial charge on any atom is -0.377 e. The number of hydrogen-bond donors (Lipinski definition) is 1. The van der Waals surface area contributed by atoms with Crippen LogP contribution in [0.3, 0.4) is 0 Å². The summed E-state index contributed by atoms with van der Waals surface area (Å²) in [6.07, 6.45) is 3.35. The number of nitrogens with one attached hydrogen (secondary N) is 1. The zero-order valence-electron chi connectivity index (χ0n) is 11.6. The maximum atomic E-state index is 5.61. The maximum Gasteiger partial charge on any atom is 0.0986 e. The van der Waals surface area contributed by atoms with Crippen LogP contribution in [0.2, 0.25) is 0 Å². The van der Waals surface area contributed by atoms with Crippen molar-refractivity contribution in [1.29, 1.82) is 0 Å². The molecule has 0 aromatic carbocycles. The lowest BCUT2D eigenvalue weighted by atomic mass is 9.85. The van der Waals surface area contributed by atoms with Gasteiger partial charge in [-0.15, -0.1) is 0 Å². The minimum atomic E-state index is 0.168. The third-order valence-corrected chi connectivity index (χ3v) is 3.79. The lowest BCUT2D eigenvalue weighted by Gasteiger charge is -2.43. The molecule has 3 unspecified atom stereocenters. The Balaban J connectivity index is 1.83. The molecular weight excluding hydrogens is 230 g/mol. The van der Waals surface area contributed by atoms with Crippen LogP contribution in [0.25, 0.3) is 0 Å². The smallest absolute Gasteiger partial charge is 0.0986 e. The molecule has 0 saturated heterocycles.